The molecule has 1 aromatic carbocycles. The Morgan fingerprint density at radius 3 is 2.43 bits per heavy atom. The monoisotopic (exact) mass is 265 g/mol. The molecule has 2 nitrogen and oxygen atoms in total. The van der Waals surface area contributed by atoms with Gasteiger partial charge in [0.2, 0.25) is 0 Å². The second kappa shape index (κ2) is 3.88. The molecule has 0 saturated carbocycles. The van der Waals surface area contributed by atoms with Gasteiger partial charge in [-0.2, -0.15) is 5.26 Å². The average Bonchev–Trinajstić information content (AvgIpc) is 2.01. The minimum Gasteiger partial charge on any atom is -0.406 e. The number of hydrogen-bond donors (Lipinski definition) is 0. The van der Waals surface area contributed by atoms with Gasteiger partial charge < -0.3 is 4.74 Å². The number of nitriles is 1. The van der Waals surface area contributed by atoms with E-state index in [2.05, 4.69) is 20.7 Å². The number of ether oxygens (including phenoxy) is 1. The molecule has 0 saturated heterocycles. The van der Waals surface area contributed by atoms with E-state index < -0.39 is 6.36 Å². The van der Waals surface area contributed by atoms with Crippen molar-refractivity contribution in [3.05, 3.63) is 28.2 Å². The number of nitrogens with zero attached hydrogens (tertiary/aromatic N) is 1. The summed E-state index contributed by atoms with van der Waals surface area (Å²) in [4.78, 5) is 0. The van der Waals surface area contributed by atoms with E-state index in [0.717, 1.165) is 12.1 Å². The zero-order chi connectivity index (χ0) is 10.8. The second-order valence-corrected chi connectivity index (χ2v) is 3.16. The van der Waals surface area contributed by atoms with E-state index in [4.69, 9.17) is 5.26 Å². The van der Waals surface area contributed by atoms with Crippen LogP contribution in [0.2, 0.25) is 0 Å². The van der Waals surface area contributed by atoms with Crippen molar-refractivity contribution >= 4 is 15.9 Å². The predicted octanol–water partition coefficient (Wildman–Crippen LogP) is 3.22. The molecule has 0 amide bonds. The highest BCUT2D eigenvalue weighted by atomic mass is 79.9. The van der Waals surface area contributed by atoms with Gasteiger partial charge in [0, 0.05) is 4.47 Å². The van der Waals surface area contributed by atoms with E-state index in [1.807, 2.05) is 0 Å². The van der Waals surface area contributed by atoms with E-state index in [-0.39, 0.29) is 15.8 Å². The van der Waals surface area contributed by atoms with Crippen molar-refractivity contribution in [3.63, 3.8) is 0 Å². The van der Waals surface area contributed by atoms with Crippen LogP contribution in [0.1, 0.15) is 5.56 Å². The third-order valence-electron chi connectivity index (χ3n) is 1.29. The molecular formula is C8H3BrF3NO. The Balaban J connectivity index is 2.94. The molecule has 6 heteroatoms. The van der Waals surface area contributed by atoms with Crippen molar-refractivity contribution in [2.75, 3.05) is 0 Å². The maximum atomic E-state index is 11.8. The zero-order valence-electron chi connectivity index (χ0n) is 6.60. The van der Waals surface area contributed by atoms with Crippen LogP contribution in [-0.4, -0.2) is 6.36 Å². The summed E-state index contributed by atoms with van der Waals surface area (Å²) in [5.74, 6) is -0.358. The number of alkyl halides is 3. The molecule has 14 heavy (non-hydrogen) atoms. The fourth-order valence-corrected chi connectivity index (χ4v) is 1.23. The summed E-state index contributed by atoms with van der Waals surface area (Å²) in [5, 5.41) is 8.50. The van der Waals surface area contributed by atoms with E-state index in [0.29, 0.717) is 0 Å². The maximum absolute atomic E-state index is 11.8. The number of benzene rings is 1. The summed E-state index contributed by atoms with van der Waals surface area (Å²) in [7, 11) is 0. The molecule has 0 atom stereocenters. The minimum absolute atomic E-state index is 0.250. The summed E-state index contributed by atoms with van der Waals surface area (Å²) in [6.45, 7) is 0. The van der Waals surface area contributed by atoms with Gasteiger partial charge in [0.05, 0.1) is 5.56 Å². The summed E-state index contributed by atoms with van der Waals surface area (Å²) < 4.78 is 39.2. The SMILES string of the molecule is N#Cc1ccc(OC(F)(F)F)cc1Br. The molecule has 0 radical (unpaired) electrons. The fraction of sp³-hybridized carbons (Fsp3) is 0.125. The second-order valence-electron chi connectivity index (χ2n) is 2.30. The van der Waals surface area contributed by atoms with Gasteiger partial charge in [0.1, 0.15) is 11.8 Å². The van der Waals surface area contributed by atoms with Gasteiger partial charge in [-0.15, -0.1) is 13.2 Å². The normalized spacial score (nSPS) is 10.8. The molecule has 0 heterocycles. The third-order valence-corrected chi connectivity index (χ3v) is 1.95. The van der Waals surface area contributed by atoms with Crippen molar-refractivity contribution in [1.29, 1.82) is 5.26 Å². The van der Waals surface area contributed by atoms with Crippen LogP contribution in [0.5, 0.6) is 5.75 Å². The molecular weight excluding hydrogens is 263 g/mol. The Bertz CT molecular complexity index is 383. The van der Waals surface area contributed by atoms with Crippen molar-refractivity contribution in [3.8, 4) is 11.8 Å². The molecule has 1 rings (SSSR count). The van der Waals surface area contributed by atoms with Gasteiger partial charge in [-0.25, -0.2) is 0 Å². The Labute approximate surface area is 86.0 Å². The van der Waals surface area contributed by atoms with E-state index in [1.54, 1.807) is 6.07 Å². The summed E-state index contributed by atoms with van der Waals surface area (Å²) in [6, 6.07) is 5.21. The smallest absolute Gasteiger partial charge is 0.406 e. The number of halogens is 4. The van der Waals surface area contributed by atoms with E-state index in [9.17, 15) is 13.2 Å². The molecule has 0 bridgehead atoms. The lowest BCUT2D eigenvalue weighted by Crippen LogP contribution is -2.17. The van der Waals surface area contributed by atoms with Crippen molar-refractivity contribution in [2.45, 2.75) is 6.36 Å². The lowest BCUT2D eigenvalue weighted by Gasteiger charge is -2.08. The van der Waals surface area contributed by atoms with Gasteiger partial charge in [-0.3, -0.25) is 0 Å². The molecule has 0 N–H and O–H groups in total. The first kappa shape index (κ1) is 10.9. The van der Waals surface area contributed by atoms with Gasteiger partial charge in [0.15, 0.2) is 0 Å². The van der Waals surface area contributed by atoms with E-state index >= 15 is 0 Å². The molecule has 1 aromatic rings. The van der Waals surface area contributed by atoms with Crippen LogP contribution in [-0.2, 0) is 0 Å². The molecule has 0 aliphatic carbocycles. The van der Waals surface area contributed by atoms with Crippen molar-refractivity contribution in [2.24, 2.45) is 0 Å². The quantitative estimate of drug-likeness (QED) is 0.781. The average molecular weight is 266 g/mol. The lowest BCUT2D eigenvalue weighted by atomic mass is 10.2. The highest BCUT2D eigenvalue weighted by Gasteiger charge is 2.31. The number of rotatable bonds is 1. The van der Waals surface area contributed by atoms with Crippen LogP contribution in [0.25, 0.3) is 0 Å². The van der Waals surface area contributed by atoms with Crippen LogP contribution in [0.4, 0.5) is 13.2 Å². The Morgan fingerprint density at radius 1 is 1.36 bits per heavy atom. The van der Waals surface area contributed by atoms with Crippen LogP contribution in [0.15, 0.2) is 22.7 Å². The Hall–Kier alpha value is -1.22. The van der Waals surface area contributed by atoms with Gasteiger partial charge in [-0.05, 0) is 34.1 Å². The van der Waals surface area contributed by atoms with Gasteiger partial charge in [-0.1, -0.05) is 0 Å². The maximum Gasteiger partial charge on any atom is 0.573 e. The highest BCUT2D eigenvalue weighted by molar-refractivity contribution is 9.10. The van der Waals surface area contributed by atoms with E-state index in [1.165, 1.54) is 6.07 Å². The van der Waals surface area contributed by atoms with Crippen molar-refractivity contribution < 1.29 is 17.9 Å². The first-order valence-electron chi connectivity index (χ1n) is 3.38. The predicted molar refractivity (Wildman–Crippen MR) is 45.5 cm³/mol. The summed E-state index contributed by atoms with van der Waals surface area (Å²) in [6.07, 6.45) is -4.71. The Kier molecular flexibility index (Phi) is 3.01. The first-order chi connectivity index (χ1) is 6.42. The molecule has 0 aromatic heterocycles. The largest absolute Gasteiger partial charge is 0.573 e. The van der Waals surface area contributed by atoms with Crippen molar-refractivity contribution in [1.82, 2.24) is 0 Å². The van der Waals surface area contributed by atoms with Crippen LogP contribution in [0, 0.1) is 11.3 Å². The summed E-state index contributed by atoms with van der Waals surface area (Å²) >= 11 is 2.94. The molecule has 0 fully saturated rings. The summed E-state index contributed by atoms with van der Waals surface area (Å²) in [5.41, 5.74) is 0.250. The molecule has 74 valence electrons. The molecule has 0 aliphatic rings. The molecule has 0 spiro atoms. The number of hydrogen-bond acceptors (Lipinski definition) is 2. The molecule has 0 aliphatic heterocycles. The Morgan fingerprint density at radius 2 is 2.00 bits per heavy atom. The standard InChI is InChI=1S/C8H3BrF3NO/c9-7-3-6(14-8(10,11)12)2-1-5(7)4-13/h1-3H. The van der Waals surface area contributed by atoms with Gasteiger partial charge >= 0.3 is 6.36 Å². The molecule has 0 unspecified atom stereocenters. The van der Waals surface area contributed by atoms with Crippen LogP contribution < -0.4 is 4.74 Å². The third kappa shape index (κ3) is 2.92. The van der Waals surface area contributed by atoms with Crippen LogP contribution >= 0.6 is 15.9 Å². The zero-order valence-corrected chi connectivity index (χ0v) is 8.19. The highest BCUT2D eigenvalue weighted by Crippen LogP contribution is 2.27. The lowest BCUT2D eigenvalue weighted by molar-refractivity contribution is -0.274. The minimum atomic E-state index is -4.71. The first-order valence-corrected chi connectivity index (χ1v) is 4.17. The topological polar surface area (TPSA) is 33.0 Å². The fourth-order valence-electron chi connectivity index (χ4n) is 0.784. The van der Waals surface area contributed by atoms with Crippen LogP contribution in [0.3, 0.4) is 0 Å². The van der Waals surface area contributed by atoms with Gasteiger partial charge in [0.25, 0.3) is 0 Å².